The van der Waals surface area contributed by atoms with E-state index in [-0.39, 0.29) is 29.8 Å². The molecule has 24 heavy (non-hydrogen) atoms. The van der Waals surface area contributed by atoms with Gasteiger partial charge in [0.25, 0.3) is 5.56 Å². The van der Waals surface area contributed by atoms with Gasteiger partial charge in [0, 0.05) is 13.5 Å². The van der Waals surface area contributed by atoms with E-state index in [1.165, 1.54) is 4.68 Å². The standard InChI is InChI=1S/C15H20N4O4S/c1-23-8-7-18(12-6-9-24(21,22)10-12)11-19-15(20)13-4-2-3-5-14(13)16-17-19/h2-5,12H,6-11H2,1H3/p+1/t12-/m1/s1. The van der Waals surface area contributed by atoms with Crippen LogP contribution in [0.1, 0.15) is 6.42 Å². The minimum atomic E-state index is -2.99. The Labute approximate surface area is 139 Å². The number of methoxy groups -OCH3 is 1. The second-order valence-corrected chi connectivity index (χ2v) is 8.30. The molecule has 3 rings (SSSR count). The van der Waals surface area contributed by atoms with E-state index >= 15 is 0 Å². The van der Waals surface area contributed by atoms with E-state index in [0.29, 0.717) is 30.5 Å². The van der Waals surface area contributed by atoms with Crippen LogP contribution in [0.2, 0.25) is 0 Å². The van der Waals surface area contributed by atoms with Gasteiger partial charge in [0.15, 0.2) is 16.5 Å². The zero-order valence-electron chi connectivity index (χ0n) is 13.5. The molecule has 1 aliphatic rings. The summed E-state index contributed by atoms with van der Waals surface area (Å²) in [7, 11) is -1.39. The summed E-state index contributed by atoms with van der Waals surface area (Å²) in [5.41, 5.74) is 0.344. The summed E-state index contributed by atoms with van der Waals surface area (Å²) in [5, 5.41) is 8.60. The Balaban J connectivity index is 1.87. The third-order valence-electron chi connectivity index (χ3n) is 4.42. The van der Waals surface area contributed by atoms with Gasteiger partial charge in [-0.1, -0.05) is 17.3 Å². The van der Waals surface area contributed by atoms with Crippen LogP contribution >= 0.6 is 0 Å². The summed E-state index contributed by atoms with van der Waals surface area (Å²) < 4.78 is 30.0. The number of aromatic nitrogens is 3. The Bertz CT molecular complexity index is 880. The topological polar surface area (TPSA) is 95.6 Å². The van der Waals surface area contributed by atoms with Crippen molar-refractivity contribution in [3.8, 4) is 0 Å². The zero-order valence-corrected chi connectivity index (χ0v) is 14.3. The number of ether oxygens (including phenoxy) is 1. The maximum absolute atomic E-state index is 12.6. The summed E-state index contributed by atoms with van der Waals surface area (Å²) in [6.07, 6.45) is 0.594. The Morgan fingerprint density at radius 3 is 2.88 bits per heavy atom. The first-order chi connectivity index (χ1) is 11.5. The monoisotopic (exact) mass is 353 g/mol. The predicted octanol–water partition coefficient (Wildman–Crippen LogP) is -1.53. The molecular weight excluding hydrogens is 332 g/mol. The smallest absolute Gasteiger partial charge is 0.282 e. The summed E-state index contributed by atoms with van der Waals surface area (Å²) in [6, 6.07) is 7.00. The molecule has 1 aromatic carbocycles. The molecule has 2 heterocycles. The maximum Gasteiger partial charge on any atom is 0.282 e. The lowest BCUT2D eigenvalue weighted by atomic mass is 10.2. The molecule has 1 aliphatic heterocycles. The number of benzene rings is 1. The molecule has 1 fully saturated rings. The van der Waals surface area contributed by atoms with Crippen LogP contribution in [0.5, 0.6) is 0 Å². The van der Waals surface area contributed by atoms with Gasteiger partial charge >= 0.3 is 0 Å². The van der Waals surface area contributed by atoms with Gasteiger partial charge in [-0.05, 0) is 12.1 Å². The molecule has 1 N–H and O–H groups in total. The second kappa shape index (κ2) is 6.96. The lowest BCUT2D eigenvalue weighted by molar-refractivity contribution is -0.945. The fraction of sp³-hybridized carbons (Fsp3) is 0.533. The van der Waals surface area contributed by atoms with Gasteiger partial charge in [-0.25, -0.2) is 8.42 Å². The third kappa shape index (κ3) is 3.63. The highest BCUT2D eigenvalue weighted by Crippen LogP contribution is 2.09. The van der Waals surface area contributed by atoms with Crippen molar-refractivity contribution in [2.75, 3.05) is 31.8 Å². The Morgan fingerprint density at radius 2 is 2.17 bits per heavy atom. The number of nitrogens with one attached hydrogen (secondary N) is 1. The first-order valence-corrected chi connectivity index (χ1v) is 9.69. The highest BCUT2D eigenvalue weighted by molar-refractivity contribution is 7.91. The van der Waals surface area contributed by atoms with Crippen LogP contribution in [0.15, 0.2) is 29.1 Å². The van der Waals surface area contributed by atoms with Crippen LogP contribution in [-0.2, 0) is 21.2 Å². The summed E-state index contributed by atoms with van der Waals surface area (Å²) in [5.74, 6) is 0.342. The zero-order chi connectivity index (χ0) is 17.2. The van der Waals surface area contributed by atoms with Crippen LogP contribution in [0.3, 0.4) is 0 Å². The number of hydrogen-bond acceptors (Lipinski definition) is 6. The van der Waals surface area contributed by atoms with Crippen LogP contribution < -0.4 is 10.5 Å². The Morgan fingerprint density at radius 1 is 1.38 bits per heavy atom. The van der Waals surface area contributed by atoms with Crippen molar-refractivity contribution >= 4 is 20.7 Å². The number of fused-ring (bicyclic) bond motifs is 1. The number of hydrogen-bond donors (Lipinski definition) is 1. The van der Waals surface area contributed by atoms with Crippen molar-refractivity contribution in [3.05, 3.63) is 34.6 Å². The van der Waals surface area contributed by atoms with Crippen molar-refractivity contribution < 1.29 is 18.1 Å². The number of quaternary nitrogens is 1. The Kier molecular flexibility index (Phi) is 4.93. The molecule has 1 unspecified atom stereocenters. The van der Waals surface area contributed by atoms with Gasteiger partial charge in [-0.2, -0.15) is 4.68 Å². The molecule has 0 radical (unpaired) electrons. The third-order valence-corrected chi connectivity index (χ3v) is 6.19. The first kappa shape index (κ1) is 17.0. The molecule has 1 aromatic heterocycles. The van der Waals surface area contributed by atoms with E-state index in [9.17, 15) is 13.2 Å². The molecular formula is C15H21N4O4S+. The van der Waals surface area contributed by atoms with E-state index in [4.69, 9.17) is 4.74 Å². The van der Waals surface area contributed by atoms with Crippen LogP contribution in [0.25, 0.3) is 10.9 Å². The highest BCUT2D eigenvalue weighted by atomic mass is 32.2. The van der Waals surface area contributed by atoms with E-state index < -0.39 is 9.84 Å². The summed E-state index contributed by atoms with van der Waals surface area (Å²) in [4.78, 5) is 13.6. The van der Waals surface area contributed by atoms with Crippen LogP contribution in [-0.4, -0.2) is 61.2 Å². The molecule has 0 amide bonds. The number of sulfone groups is 1. The first-order valence-electron chi connectivity index (χ1n) is 7.86. The molecule has 0 bridgehead atoms. The molecule has 130 valence electrons. The second-order valence-electron chi connectivity index (χ2n) is 6.07. The van der Waals surface area contributed by atoms with Crippen molar-refractivity contribution in [2.24, 2.45) is 0 Å². The van der Waals surface area contributed by atoms with Crippen molar-refractivity contribution in [3.63, 3.8) is 0 Å². The summed E-state index contributed by atoms with van der Waals surface area (Å²) in [6.45, 7) is 1.37. The largest absolute Gasteiger partial charge is 0.379 e. The Hall–Kier alpha value is -1.84. The minimum absolute atomic E-state index is 0.0506. The molecule has 2 atom stereocenters. The fourth-order valence-corrected chi connectivity index (χ4v) is 4.91. The molecule has 8 nitrogen and oxygen atoms in total. The van der Waals surface area contributed by atoms with Gasteiger partial charge in [0.2, 0.25) is 0 Å². The number of nitrogens with zero attached hydrogens (tertiary/aromatic N) is 3. The molecule has 9 heteroatoms. The van der Waals surface area contributed by atoms with E-state index in [1.807, 2.05) is 0 Å². The van der Waals surface area contributed by atoms with Crippen molar-refractivity contribution in [2.45, 2.75) is 19.1 Å². The molecule has 1 saturated heterocycles. The van der Waals surface area contributed by atoms with E-state index in [0.717, 1.165) is 4.90 Å². The van der Waals surface area contributed by atoms with E-state index in [2.05, 4.69) is 10.3 Å². The molecule has 0 aliphatic carbocycles. The van der Waals surface area contributed by atoms with Crippen molar-refractivity contribution in [1.29, 1.82) is 0 Å². The molecule has 0 saturated carbocycles. The maximum atomic E-state index is 12.6. The minimum Gasteiger partial charge on any atom is -0.379 e. The summed E-state index contributed by atoms with van der Waals surface area (Å²) >= 11 is 0. The van der Waals surface area contributed by atoms with Gasteiger partial charge < -0.3 is 9.64 Å². The van der Waals surface area contributed by atoms with Crippen molar-refractivity contribution in [1.82, 2.24) is 15.0 Å². The van der Waals surface area contributed by atoms with Gasteiger partial charge in [0.05, 0.1) is 17.7 Å². The van der Waals surface area contributed by atoms with Gasteiger partial charge in [-0.3, -0.25) is 4.79 Å². The van der Waals surface area contributed by atoms with Crippen LogP contribution in [0, 0.1) is 0 Å². The number of rotatable bonds is 6. The van der Waals surface area contributed by atoms with Crippen LogP contribution in [0.4, 0.5) is 0 Å². The van der Waals surface area contributed by atoms with Gasteiger partial charge in [0.1, 0.15) is 23.9 Å². The highest BCUT2D eigenvalue weighted by Gasteiger charge is 2.35. The average Bonchev–Trinajstić information content (AvgIpc) is 2.93. The average molecular weight is 353 g/mol. The molecule has 2 aromatic rings. The quantitative estimate of drug-likeness (QED) is 0.677. The SMILES string of the molecule is COCC[NH+](Cn1nnc2ccccc2c1=O)[C@@H]1CCS(=O)(=O)C1. The lowest BCUT2D eigenvalue weighted by Gasteiger charge is -2.24. The van der Waals surface area contributed by atoms with E-state index in [1.54, 1.807) is 31.4 Å². The predicted molar refractivity (Wildman–Crippen MR) is 88.6 cm³/mol. The fourth-order valence-electron chi connectivity index (χ4n) is 3.08. The van der Waals surface area contributed by atoms with Gasteiger partial charge in [-0.15, -0.1) is 5.10 Å². The molecule has 0 spiro atoms. The normalized spacial score (nSPS) is 21.1. The lowest BCUT2D eigenvalue weighted by Crippen LogP contribution is -3.16.